The van der Waals surface area contributed by atoms with Crippen LogP contribution in [0, 0.1) is 0 Å². The number of piperazine rings is 1. The van der Waals surface area contributed by atoms with E-state index in [-0.39, 0.29) is 18.2 Å². The molecule has 3 aromatic rings. The minimum atomic E-state index is -0.335. The van der Waals surface area contributed by atoms with E-state index in [0.717, 1.165) is 27.7 Å². The zero-order valence-electron chi connectivity index (χ0n) is 17.5. The Morgan fingerprint density at radius 2 is 1.69 bits per heavy atom. The van der Waals surface area contributed by atoms with Crippen LogP contribution in [0.3, 0.4) is 0 Å². The van der Waals surface area contributed by atoms with E-state index in [1.807, 2.05) is 53.4 Å². The molecule has 8 heteroatoms. The van der Waals surface area contributed by atoms with E-state index < -0.39 is 0 Å². The van der Waals surface area contributed by atoms with Crippen molar-refractivity contribution in [1.82, 2.24) is 15.1 Å². The first-order valence-electron chi connectivity index (χ1n) is 10.5. The predicted molar refractivity (Wildman–Crippen MR) is 122 cm³/mol. The number of nitrogens with zero attached hydrogens (tertiary/aromatic N) is 3. The quantitative estimate of drug-likeness (QED) is 0.287. The molecule has 162 valence electrons. The van der Waals surface area contributed by atoms with Crippen LogP contribution in [0.5, 0.6) is 0 Å². The van der Waals surface area contributed by atoms with Gasteiger partial charge in [-0.15, -0.1) is 0 Å². The lowest BCUT2D eigenvalue weighted by Gasteiger charge is -2.38. The molecule has 0 radical (unpaired) electrons. The van der Waals surface area contributed by atoms with Gasteiger partial charge in [-0.25, -0.2) is 4.99 Å². The van der Waals surface area contributed by atoms with Gasteiger partial charge in [-0.1, -0.05) is 36.4 Å². The highest BCUT2D eigenvalue weighted by Gasteiger charge is 2.32. The van der Waals surface area contributed by atoms with Crippen LogP contribution in [0.15, 0.2) is 76.0 Å². The third kappa shape index (κ3) is 3.71. The maximum atomic E-state index is 12.6. The van der Waals surface area contributed by atoms with Gasteiger partial charge >= 0.3 is 0 Å². The molecule has 5 rings (SSSR count). The molecule has 3 heterocycles. The number of benzene rings is 2. The summed E-state index contributed by atoms with van der Waals surface area (Å²) in [5.74, 6) is -0.145. The Balaban J connectivity index is 1.45. The SMILES string of the molecule is NC(=Nc1ccccc1)N1CCN(C(=C2CC(=O)NC2=O)c2cccc3cocc23)CC1. The van der Waals surface area contributed by atoms with Crippen LogP contribution in [0.25, 0.3) is 16.5 Å². The number of carbonyl (C=O) groups excluding carboxylic acids is 2. The van der Waals surface area contributed by atoms with Crippen LogP contribution in [-0.4, -0.2) is 53.8 Å². The maximum absolute atomic E-state index is 12.6. The Hall–Kier alpha value is -4.07. The van der Waals surface area contributed by atoms with E-state index in [0.29, 0.717) is 37.7 Å². The molecule has 2 fully saturated rings. The minimum Gasteiger partial charge on any atom is -0.471 e. The van der Waals surface area contributed by atoms with Crippen molar-refractivity contribution >= 4 is 39.9 Å². The van der Waals surface area contributed by atoms with Gasteiger partial charge in [0.15, 0.2) is 5.96 Å². The van der Waals surface area contributed by atoms with Crippen LogP contribution in [-0.2, 0) is 9.59 Å². The lowest BCUT2D eigenvalue weighted by Crippen LogP contribution is -2.50. The molecule has 0 unspecified atom stereocenters. The van der Waals surface area contributed by atoms with E-state index in [9.17, 15) is 9.59 Å². The van der Waals surface area contributed by atoms with Gasteiger partial charge in [0.05, 0.1) is 35.9 Å². The Morgan fingerprint density at radius 3 is 2.41 bits per heavy atom. The highest BCUT2D eigenvalue weighted by molar-refractivity contribution is 6.17. The lowest BCUT2D eigenvalue weighted by atomic mass is 9.99. The third-order valence-corrected chi connectivity index (χ3v) is 5.85. The van der Waals surface area contributed by atoms with Crippen LogP contribution < -0.4 is 11.1 Å². The second-order valence-corrected chi connectivity index (χ2v) is 7.84. The zero-order valence-corrected chi connectivity index (χ0v) is 17.5. The average molecular weight is 429 g/mol. The summed E-state index contributed by atoms with van der Waals surface area (Å²) in [5, 5.41) is 4.28. The van der Waals surface area contributed by atoms with Gasteiger partial charge in [0.1, 0.15) is 0 Å². The first-order valence-corrected chi connectivity index (χ1v) is 10.5. The van der Waals surface area contributed by atoms with Crippen LogP contribution >= 0.6 is 0 Å². The van der Waals surface area contributed by atoms with Gasteiger partial charge in [0.2, 0.25) is 5.91 Å². The molecule has 1 aromatic heterocycles. The Kier molecular flexibility index (Phi) is 5.10. The number of hydrogen-bond donors (Lipinski definition) is 2. The first kappa shape index (κ1) is 19.9. The molecule has 2 amide bonds. The maximum Gasteiger partial charge on any atom is 0.256 e. The average Bonchev–Trinajstić information content (AvgIpc) is 3.41. The fraction of sp³-hybridized carbons (Fsp3) is 0.208. The third-order valence-electron chi connectivity index (χ3n) is 5.85. The molecule has 8 nitrogen and oxygen atoms in total. The molecular formula is C24H23N5O3. The van der Waals surface area contributed by atoms with Crippen molar-refractivity contribution in [3.63, 3.8) is 0 Å². The second-order valence-electron chi connectivity index (χ2n) is 7.84. The Labute approximate surface area is 185 Å². The standard InChI is InChI=1S/C24H23N5O3/c25-24(26-17-6-2-1-3-7-17)29-11-9-28(10-12-29)22(19-13-21(30)27-23(19)31)18-8-4-5-16-14-32-15-20(16)18/h1-8,14-15H,9-13H2,(H2,25,26)(H,27,30,31). The summed E-state index contributed by atoms with van der Waals surface area (Å²) < 4.78 is 5.41. The van der Waals surface area contributed by atoms with Crippen molar-refractivity contribution in [1.29, 1.82) is 0 Å². The van der Waals surface area contributed by atoms with Crippen molar-refractivity contribution in [2.45, 2.75) is 6.42 Å². The topological polar surface area (TPSA) is 104 Å². The number of para-hydroxylation sites is 1. The Morgan fingerprint density at radius 1 is 0.938 bits per heavy atom. The number of rotatable bonds is 3. The van der Waals surface area contributed by atoms with Gasteiger partial charge in [0, 0.05) is 42.5 Å². The van der Waals surface area contributed by atoms with Crippen molar-refractivity contribution in [3.8, 4) is 0 Å². The summed E-state index contributed by atoms with van der Waals surface area (Å²) in [4.78, 5) is 33.3. The first-order chi connectivity index (χ1) is 15.6. The predicted octanol–water partition coefficient (Wildman–Crippen LogP) is 2.45. The highest BCUT2D eigenvalue weighted by atomic mass is 16.3. The monoisotopic (exact) mass is 429 g/mol. The van der Waals surface area contributed by atoms with Crippen LogP contribution in [0.1, 0.15) is 12.0 Å². The molecule has 2 aliphatic heterocycles. The van der Waals surface area contributed by atoms with Crippen molar-refractivity contribution in [2.75, 3.05) is 26.2 Å². The number of furan rings is 1. The molecule has 0 saturated carbocycles. The van der Waals surface area contributed by atoms with E-state index in [2.05, 4.69) is 15.2 Å². The summed E-state index contributed by atoms with van der Waals surface area (Å²) in [5.41, 5.74) is 9.22. The molecule has 0 atom stereocenters. The van der Waals surface area contributed by atoms with E-state index in [4.69, 9.17) is 10.2 Å². The highest BCUT2D eigenvalue weighted by Crippen LogP contribution is 2.33. The second kappa shape index (κ2) is 8.22. The fourth-order valence-electron chi connectivity index (χ4n) is 4.27. The number of aliphatic imine (C=N–C) groups is 1. The number of imide groups is 1. The van der Waals surface area contributed by atoms with E-state index in [1.54, 1.807) is 12.5 Å². The number of amides is 2. The molecule has 3 N–H and O–H groups in total. The lowest BCUT2D eigenvalue weighted by molar-refractivity contribution is -0.124. The summed E-state index contributed by atoms with van der Waals surface area (Å²) in [6.07, 6.45) is 3.43. The van der Waals surface area contributed by atoms with Gasteiger partial charge in [0.25, 0.3) is 5.91 Å². The molecule has 2 aromatic carbocycles. The van der Waals surface area contributed by atoms with Gasteiger partial charge in [-0.05, 0) is 12.1 Å². The van der Waals surface area contributed by atoms with Crippen molar-refractivity contribution in [3.05, 3.63) is 72.2 Å². The summed E-state index contributed by atoms with van der Waals surface area (Å²) in [6, 6.07) is 15.5. The molecule has 0 bridgehead atoms. The molecule has 0 spiro atoms. The molecule has 32 heavy (non-hydrogen) atoms. The molecular weight excluding hydrogens is 406 g/mol. The van der Waals surface area contributed by atoms with Crippen LogP contribution in [0.4, 0.5) is 5.69 Å². The summed E-state index contributed by atoms with van der Waals surface area (Å²) in [6.45, 7) is 2.57. The number of nitrogens with two attached hydrogens (primary N) is 1. The number of guanidine groups is 1. The number of hydrogen-bond acceptors (Lipinski definition) is 5. The van der Waals surface area contributed by atoms with E-state index in [1.165, 1.54) is 0 Å². The normalized spacial score (nSPS) is 18.9. The largest absolute Gasteiger partial charge is 0.471 e. The van der Waals surface area contributed by atoms with E-state index >= 15 is 0 Å². The smallest absolute Gasteiger partial charge is 0.256 e. The van der Waals surface area contributed by atoms with Gasteiger partial charge in [-0.3, -0.25) is 14.9 Å². The molecule has 2 saturated heterocycles. The van der Waals surface area contributed by atoms with Crippen molar-refractivity contribution in [2.24, 2.45) is 10.7 Å². The zero-order chi connectivity index (χ0) is 22.1. The van der Waals surface area contributed by atoms with Gasteiger partial charge < -0.3 is 20.0 Å². The minimum absolute atomic E-state index is 0.0697. The number of carbonyl (C=O) groups is 2. The molecule has 0 aliphatic carbocycles. The van der Waals surface area contributed by atoms with Crippen LogP contribution in [0.2, 0.25) is 0 Å². The fourth-order valence-corrected chi connectivity index (χ4v) is 4.27. The number of fused-ring (bicyclic) bond motifs is 1. The van der Waals surface area contributed by atoms with Crippen molar-refractivity contribution < 1.29 is 14.0 Å². The molecule has 2 aliphatic rings. The summed E-state index contributed by atoms with van der Waals surface area (Å²) >= 11 is 0. The summed E-state index contributed by atoms with van der Waals surface area (Å²) in [7, 11) is 0. The Bertz CT molecular complexity index is 1240. The number of nitrogens with one attached hydrogen (secondary N) is 1. The van der Waals surface area contributed by atoms with Gasteiger partial charge in [-0.2, -0.15) is 0 Å².